The fraction of sp³-hybridized carbons (Fsp3) is 0.125. The number of nitrogens with zero attached hydrogens (tertiary/aromatic N) is 4. The van der Waals surface area contributed by atoms with Gasteiger partial charge in [0.25, 0.3) is 0 Å². The Morgan fingerprint density at radius 3 is 2.29 bits per heavy atom. The van der Waals surface area contributed by atoms with Crippen molar-refractivity contribution in [2.75, 3.05) is 0 Å². The van der Waals surface area contributed by atoms with Crippen LogP contribution in [0.5, 0.6) is 0 Å². The van der Waals surface area contributed by atoms with Gasteiger partial charge in [0.2, 0.25) is 12.4 Å². The fourth-order valence-corrected chi connectivity index (χ4v) is 5.85. The smallest absolute Gasteiger partial charge is 0.204 e. The Hall–Kier alpha value is -4.94. The van der Waals surface area contributed by atoms with Crippen LogP contribution in [0.4, 0.5) is 8.78 Å². The summed E-state index contributed by atoms with van der Waals surface area (Å²) in [5.41, 5.74) is 9.11. The number of nitriles is 2. The van der Waals surface area contributed by atoms with Crippen LogP contribution in [0, 0.1) is 40.5 Å². The highest BCUT2D eigenvalue weighted by Crippen LogP contribution is 2.51. The van der Waals surface area contributed by atoms with E-state index in [0.717, 1.165) is 56.7 Å². The lowest BCUT2D eigenvalue weighted by molar-refractivity contribution is 0.509. The highest BCUT2D eigenvalue weighted by atomic mass is 19.2. The molecule has 3 aliphatic carbocycles. The molecule has 2 atom stereocenters. The third-order valence-electron chi connectivity index (χ3n) is 7.81. The van der Waals surface area contributed by atoms with Crippen LogP contribution in [0.15, 0.2) is 94.5 Å². The zero-order chi connectivity index (χ0) is 26.8. The second kappa shape index (κ2) is 8.30. The summed E-state index contributed by atoms with van der Waals surface area (Å²) in [5, 5.41) is 19.1. The maximum absolute atomic E-state index is 13.9. The first-order valence-electron chi connectivity index (χ1n) is 12.1. The third kappa shape index (κ3) is 3.24. The van der Waals surface area contributed by atoms with Crippen molar-refractivity contribution in [2.24, 2.45) is 15.9 Å². The Morgan fingerprint density at radius 1 is 0.868 bits per heavy atom. The predicted octanol–water partition coefficient (Wildman–Crippen LogP) is 7.16. The fourth-order valence-electron chi connectivity index (χ4n) is 5.85. The summed E-state index contributed by atoms with van der Waals surface area (Å²) >= 11 is 0. The number of hydrogen-bond acceptors (Lipinski definition) is 4. The van der Waals surface area contributed by atoms with Gasteiger partial charge in [-0.2, -0.15) is 20.5 Å². The molecule has 4 nitrogen and oxygen atoms in total. The number of allylic oxidation sites excluding steroid dienone is 5. The van der Waals surface area contributed by atoms with E-state index in [1.54, 1.807) is 0 Å². The summed E-state index contributed by atoms with van der Waals surface area (Å²) in [6.07, 6.45) is 10.2. The maximum atomic E-state index is 13.9. The topological polar surface area (TPSA) is 72.3 Å². The zero-order valence-corrected chi connectivity index (χ0v) is 20.7. The van der Waals surface area contributed by atoms with Gasteiger partial charge >= 0.3 is 0 Å². The summed E-state index contributed by atoms with van der Waals surface area (Å²) in [4.78, 5) is 8.44. The minimum Gasteiger partial charge on any atom is -0.204 e. The van der Waals surface area contributed by atoms with Gasteiger partial charge in [0, 0.05) is 28.0 Å². The quantitative estimate of drug-likeness (QED) is 0.275. The number of rotatable bonds is 2. The van der Waals surface area contributed by atoms with Crippen molar-refractivity contribution in [3.63, 3.8) is 0 Å². The first-order valence-corrected chi connectivity index (χ1v) is 12.1. The molecule has 0 saturated heterocycles. The normalized spacial score (nSPS) is 22.3. The van der Waals surface area contributed by atoms with Crippen LogP contribution in [0.3, 0.4) is 0 Å². The van der Waals surface area contributed by atoms with Crippen LogP contribution in [-0.2, 0) is 5.41 Å². The van der Waals surface area contributed by atoms with Crippen LogP contribution in [-0.4, -0.2) is 11.4 Å². The van der Waals surface area contributed by atoms with Crippen molar-refractivity contribution < 1.29 is 8.78 Å². The van der Waals surface area contributed by atoms with Crippen molar-refractivity contribution in [1.82, 2.24) is 0 Å². The Kier molecular flexibility index (Phi) is 5.12. The van der Waals surface area contributed by atoms with Gasteiger partial charge in [-0.3, -0.25) is 0 Å². The van der Waals surface area contributed by atoms with E-state index in [0.29, 0.717) is 22.6 Å². The van der Waals surface area contributed by atoms with Gasteiger partial charge in [0.15, 0.2) is 11.6 Å². The summed E-state index contributed by atoms with van der Waals surface area (Å²) in [6, 6.07) is 13.4. The second-order valence-corrected chi connectivity index (χ2v) is 9.99. The molecule has 0 spiro atoms. The molecular formula is C32H20F2N4. The zero-order valence-electron chi connectivity index (χ0n) is 20.7. The van der Waals surface area contributed by atoms with Crippen LogP contribution >= 0.6 is 0 Å². The van der Waals surface area contributed by atoms with E-state index in [1.807, 2.05) is 43.6 Å². The van der Waals surface area contributed by atoms with Crippen molar-refractivity contribution >= 4 is 11.4 Å². The van der Waals surface area contributed by atoms with Gasteiger partial charge < -0.3 is 0 Å². The van der Waals surface area contributed by atoms with Crippen molar-refractivity contribution in [1.29, 1.82) is 10.5 Å². The van der Waals surface area contributed by atoms with Crippen LogP contribution in [0.25, 0.3) is 22.3 Å². The van der Waals surface area contributed by atoms with Gasteiger partial charge in [0.05, 0.1) is 11.4 Å². The monoisotopic (exact) mass is 498 g/mol. The molecule has 6 rings (SSSR count). The molecule has 0 fully saturated rings. The van der Waals surface area contributed by atoms with Gasteiger partial charge in [-0.1, -0.05) is 55.5 Å². The molecule has 0 saturated carbocycles. The molecule has 0 N–H and O–H groups in total. The van der Waals surface area contributed by atoms with Gasteiger partial charge in [-0.05, 0) is 70.6 Å². The molecule has 0 bridgehead atoms. The summed E-state index contributed by atoms with van der Waals surface area (Å²) in [6.45, 7) is 8.14. The van der Waals surface area contributed by atoms with E-state index in [9.17, 15) is 19.3 Å². The number of benzene rings is 3. The minimum absolute atomic E-state index is 0.136. The standard InChI is InChI=1S/C32H20F2N4/c1-17(2)18-8-9-32(3)26-14-24-22(13-25(26)31(38-16-36)27(32)11-18)21-6-4-19(10-23(21)30(24)37-15-35)20-5-7-28(33)29(34)12-20/h4-14,27H,1H2,2-3H3/b37-30+,38-31-. The Morgan fingerprint density at radius 2 is 1.58 bits per heavy atom. The van der Waals surface area contributed by atoms with E-state index < -0.39 is 17.0 Å². The SMILES string of the molecule is C=C(C)C1=CC2/C(=N\C#N)c3cc4c(cc3C2(C)C=C1)/C(=N/C#N)c1cc(-c2ccc(F)c(F)c2)ccc1-4. The highest BCUT2D eigenvalue weighted by Gasteiger charge is 2.47. The highest BCUT2D eigenvalue weighted by molar-refractivity contribution is 6.26. The average Bonchev–Trinajstić information content (AvgIpc) is 3.33. The second-order valence-electron chi connectivity index (χ2n) is 9.99. The van der Waals surface area contributed by atoms with Crippen molar-refractivity contribution in [3.05, 3.63) is 118 Å². The lowest BCUT2D eigenvalue weighted by Crippen LogP contribution is -2.29. The molecule has 3 aromatic rings. The van der Waals surface area contributed by atoms with Crippen LogP contribution < -0.4 is 0 Å². The number of aliphatic imine (C=N–C) groups is 2. The lowest BCUT2D eigenvalue weighted by Gasteiger charge is -2.31. The molecule has 3 aliphatic rings. The van der Waals surface area contributed by atoms with E-state index in [4.69, 9.17) is 0 Å². The summed E-state index contributed by atoms with van der Waals surface area (Å²) in [7, 11) is 0. The molecule has 0 radical (unpaired) electrons. The Bertz CT molecular complexity index is 1810. The third-order valence-corrected chi connectivity index (χ3v) is 7.81. The molecule has 182 valence electrons. The minimum atomic E-state index is -0.926. The summed E-state index contributed by atoms with van der Waals surface area (Å²) < 4.78 is 27.4. The molecule has 2 unspecified atom stereocenters. The summed E-state index contributed by atoms with van der Waals surface area (Å²) in [5.74, 6) is -1.97. The number of halogens is 2. The molecule has 0 aromatic heterocycles. The van der Waals surface area contributed by atoms with Crippen molar-refractivity contribution in [3.8, 4) is 34.6 Å². The number of hydrogen-bond donors (Lipinski definition) is 0. The molecule has 0 amide bonds. The van der Waals surface area contributed by atoms with Gasteiger partial charge in [-0.25, -0.2) is 8.78 Å². The largest absolute Gasteiger partial charge is 0.206 e. The van der Waals surface area contributed by atoms with Crippen LogP contribution in [0.1, 0.15) is 36.1 Å². The predicted molar refractivity (Wildman–Crippen MR) is 144 cm³/mol. The number of fused-ring (bicyclic) bond motifs is 6. The molecule has 38 heavy (non-hydrogen) atoms. The Labute approximate surface area is 218 Å². The maximum Gasteiger partial charge on any atom is 0.206 e. The van der Waals surface area contributed by atoms with E-state index >= 15 is 0 Å². The van der Waals surface area contributed by atoms with E-state index in [-0.39, 0.29) is 5.92 Å². The average molecular weight is 499 g/mol. The van der Waals surface area contributed by atoms with Crippen LogP contribution in [0.2, 0.25) is 0 Å². The molecule has 3 aromatic carbocycles. The molecule has 0 heterocycles. The lowest BCUT2D eigenvalue weighted by atomic mass is 9.71. The molecule has 0 aliphatic heterocycles. The Balaban J connectivity index is 1.56. The van der Waals surface area contributed by atoms with E-state index in [1.165, 1.54) is 6.07 Å². The van der Waals surface area contributed by atoms with Gasteiger partial charge in [0.1, 0.15) is 0 Å². The molecule has 6 heteroatoms. The first-order chi connectivity index (χ1) is 18.3. The van der Waals surface area contributed by atoms with Gasteiger partial charge in [-0.15, -0.1) is 0 Å². The van der Waals surface area contributed by atoms with E-state index in [2.05, 4.69) is 47.8 Å². The molecular weight excluding hydrogens is 478 g/mol. The first kappa shape index (κ1) is 23.5. The van der Waals surface area contributed by atoms with Crippen molar-refractivity contribution in [2.45, 2.75) is 19.3 Å².